The fourth-order valence-electron chi connectivity index (χ4n) is 3.23. The van der Waals surface area contributed by atoms with Gasteiger partial charge in [-0.15, -0.1) is 0 Å². The summed E-state index contributed by atoms with van der Waals surface area (Å²) >= 11 is 0. The normalized spacial score (nSPS) is 10.8. The van der Waals surface area contributed by atoms with Gasteiger partial charge in [0.25, 0.3) is 0 Å². The minimum absolute atomic E-state index is 0.0645. The van der Waals surface area contributed by atoms with E-state index in [-0.39, 0.29) is 11.7 Å². The van der Waals surface area contributed by atoms with E-state index in [9.17, 15) is 9.90 Å². The molecule has 3 nitrogen and oxygen atoms in total. The van der Waals surface area contributed by atoms with Gasteiger partial charge in [0.2, 0.25) is 5.91 Å². The van der Waals surface area contributed by atoms with E-state index in [1.54, 1.807) is 24.3 Å². The molecule has 0 spiro atoms. The first kappa shape index (κ1) is 22.5. The molecule has 0 aromatic heterocycles. The summed E-state index contributed by atoms with van der Waals surface area (Å²) in [5.74, 6) is 0.302. The molecule has 0 fully saturated rings. The fourth-order valence-corrected chi connectivity index (χ4v) is 3.23. The zero-order valence-electron chi connectivity index (χ0n) is 16.8. The first-order chi connectivity index (χ1) is 12.7. The zero-order chi connectivity index (χ0) is 18.9. The quantitative estimate of drug-likeness (QED) is 0.347. The van der Waals surface area contributed by atoms with E-state index in [0.29, 0.717) is 6.42 Å². The first-order valence-electron chi connectivity index (χ1n) is 10.8. The first-order valence-corrected chi connectivity index (χ1v) is 10.8. The Balaban J connectivity index is 1.83. The van der Waals surface area contributed by atoms with Crippen molar-refractivity contribution in [3.63, 3.8) is 0 Å². The second-order valence-electron chi connectivity index (χ2n) is 7.44. The van der Waals surface area contributed by atoms with Crippen molar-refractivity contribution < 1.29 is 9.90 Å². The molecular weight excluding hydrogens is 322 g/mol. The average molecular weight is 362 g/mol. The van der Waals surface area contributed by atoms with Crippen LogP contribution in [0.1, 0.15) is 96.0 Å². The van der Waals surface area contributed by atoms with Gasteiger partial charge < -0.3 is 10.4 Å². The Morgan fingerprint density at radius 3 is 1.73 bits per heavy atom. The summed E-state index contributed by atoms with van der Waals surface area (Å²) < 4.78 is 0. The lowest BCUT2D eigenvalue weighted by Crippen LogP contribution is -2.26. The van der Waals surface area contributed by atoms with Crippen LogP contribution in [0.5, 0.6) is 5.75 Å². The van der Waals surface area contributed by atoms with Crippen LogP contribution in [-0.2, 0) is 11.2 Å². The third-order valence-corrected chi connectivity index (χ3v) is 4.90. The Labute approximate surface area is 160 Å². The minimum atomic E-state index is 0.0645. The molecule has 0 heterocycles. The second-order valence-corrected chi connectivity index (χ2v) is 7.44. The molecule has 3 heteroatoms. The molecule has 0 unspecified atom stereocenters. The number of phenolic OH excluding ortho intramolecular Hbond substituents is 1. The van der Waals surface area contributed by atoms with Gasteiger partial charge in [0.05, 0.1) is 6.42 Å². The van der Waals surface area contributed by atoms with E-state index in [1.165, 1.54) is 77.0 Å². The maximum atomic E-state index is 11.8. The summed E-state index contributed by atoms with van der Waals surface area (Å²) in [6, 6.07) is 6.82. The van der Waals surface area contributed by atoms with Crippen LogP contribution in [0.4, 0.5) is 0 Å². The minimum Gasteiger partial charge on any atom is -0.508 e. The van der Waals surface area contributed by atoms with Gasteiger partial charge in [-0.05, 0) is 24.1 Å². The van der Waals surface area contributed by atoms with Crippen LogP contribution in [0.15, 0.2) is 24.3 Å². The van der Waals surface area contributed by atoms with Crippen molar-refractivity contribution in [1.82, 2.24) is 5.32 Å². The molecule has 1 aromatic rings. The summed E-state index contributed by atoms with van der Waals surface area (Å²) in [6.07, 6.45) is 17.8. The SMILES string of the molecule is CCCCCCCCCCCCCCCNC(=O)Cc1ccc(O)cc1. The van der Waals surface area contributed by atoms with Crippen molar-refractivity contribution in [3.8, 4) is 5.75 Å². The summed E-state index contributed by atoms with van der Waals surface area (Å²) in [6.45, 7) is 3.04. The number of unbranched alkanes of at least 4 members (excludes halogenated alkanes) is 12. The zero-order valence-corrected chi connectivity index (χ0v) is 16.8. The van der Waals surface area contributed by atoms with Gasteiger partial charge in [-0.3, -0.25) is 4.79 Å². The third-order valence-electron chi connectivity index (χ3n) is 4.90. The highest BCUT2D eigenvalue weighted by Gasteiger charge is 2.02. The standard InChI is InChI=1S/C23H39NO2/c1-2-3-4-5-6-7-8-9-10-11-12-13-14-19-24-23(26)20-21-15-17-22(25)18-16-21/h15-18,25H,2-14,19-20H2,1H3,(H,24,26). The number of carbonyl (C=O) groups is 1. The Kier molecular flexibility index (Phi) is 13.6. The van der Waals surface area contributed by atoms with Crippen molar-refractivity contribution in [2.45, 2.75) is 96.8 Å². The Bertz CT molecular complexity index is 456. The predicted molar refractivity (Wildman–Crippen MR) is 111 cm³/mol. The van der Waals surface area contributed by atoms with Gasteiger partial charge in [0, 0.05) is 6.54 Å². The number of nitrogens with one attached hydrogen (secondary N) is 1. The summed E-state index contributed by atoms with van der Waals surface area (Å²) in [5, 5.41) is 12.2. The average Bonchev–Trinajstić information content (AvgIpc) is 2.64. The van der Waals surface area contributed by atoms with Crippen molar-refractivity contribution >= 4 is 5.91 Å². The Hall–Kier alpha value is -1.51. The van der Waals surface area contributed by atoms with Gasteiger partial charge in [-0.2, -0.15) is 0 Å². The van der Waals surface area contributed by atoms with Crippen molar-refractivity contribution in [3.05, 3.63) is 29.8 Å². The molecule has 1 amide bonds. The van der Waals surface area contributed by atoms with Crippen LogP contribution in [0.25, 0.3) is 0 Å². The van der Waals surface area contributed by atoms with E-state index in [2.05, 4.69) is 12.2 Å². The predicted octanol–water partition coefficient (Wildman–Crippen LogP) is 6.14. The van der Waals surface area contributed by atoms with E-state index in [4.69, 9.17) is 0 Å². The highest BCUT2D eigenvalue weighted by atomic mass is 16.3. The monoisotopic (exact) mass is 361 g/mol. The third kappa shape index (κ3) is 12.8. The molecule has 0 saturated carbocycles. The summed E-state index contributed by atoms with van der Waals surface area (Å²) in [5.41, 5.74) is 0.936. The summed E-state index contributed by atoms with van der Waals surface area (Å²) in [4.78, 5) is 11.8. The Morgan fingerprint density at radius 1 is 0.769 bits per heavy atom. The van der Waals surface area contributed by atoms with Gasteiger partial charge in [0.1, 0.15) is 5.75 Å². The van der Waals surface area contributed by atoms with Crippen LogP contribution < -0.4 is 5.32 Å². The lowest BCUT2D eigenvalue weighted by molar-refractivity contribution is -0.120. The lowest BCUT2D eigenvalue weighted by atomic mass is 10.0. The van der Waals surface area contributed by atoms with Gasteiger partial charge in [-0.25, -0.2) is 0 Å². The van der Waals surface area contributed by atoms with Crippen molar-refractivity contribution in [1.29, 1.82) is 0 Å². The summed E-state index contributed by atoms with van der Waals surface area (Å²) in [7, 11) is 0. The highest BCUT2D eigenvalue weighted by Crippen LogP contribution is 2.12. The molecule has 0 aliphatic rings. The van der Waals surface area contributed by atoms with Crippen molar-refractivity contribution in [2.24, 2.45) is 0 Å². The van der Waals surface area contributed by atoms with Gasteiger partial charge in [0.15, 0.2) is 0 Å². The molecule has 1 aromatic carbocycles. The molecule has 148 valence electrons. The molecule has 0 atom stereocenters. The van der Waals surface area contributed by atoms with Crippen LogP contribution >= 0.6 is 0 Å². The van der Waals surface area contributed by atoms with Gasteiger partial charge >= 0.3 is 0 Å². The molecule has 0 bridgehead atoms. The highest BCUT2D eigenvalue weighted by molar-refractivity contribution is 5.78. The molecule has 0 aliphatic carbocycles. The number of benzene rings is 1. The van der Waals surface area contributed by atoms with Crippen LogP contribution in [0.2, 0.25) is 0 Å². The van der Waals surface area contributed by atoms with Crippen LogP contribution in [-0.4, -0.2) is 17.6 Å². The number of aromatic hydroxyl groups is 1. The molecule has 0 radical (unpaired) electrons. The maximum absolute atomic E-state index is 11.8. The molecule has 0 saturated heterocycles. The van der Waals surface area contributed by atoms with Crippen LogP contribution in [0.3, 0.4) is 0 Å². The molecule has 26 heavy (non-hydrogen) atoms. The van der Waals surface area contributed by atoms with E-state index in [0.717, 1.165) is 18.5 Å². The number of hydrogen-bond donors (Lipinski definition) is 2. The number of amides is 1. The lowest BCUT2D eigenvalue weighted by Gasteiger charge is -2.06. The number of carbonyl (C=O) groups excluding carboxylic acids is 1. The topological polar surface area (TPSA) is 49.3 Å². The molecular formula is C23H39NO2. The van der Waals surface area contributed by atoms with E-state index < -0.39 is 0 Å². The van der Waals surface area contributed by atoms with Crippen molar-refractivity contribution in [2.75, 3.05) is 6.54 Å². The maximum Gasteiger partial charge on any atom is 0.224 e. The van der Waals surface area contributed by atoms with E-state index >= 15 is 0 Å². The van der Waals surface area contributed by atoms with Gasteiger partial charge in [-0.1, -0.05) is 96.1 Å². The van der Waals surface area contributed by atoms with Crippen LogP contribution in [0, 0.1) is 0 Å². The molecule has 0 aliphatic heterocycles. The molecule has 1 rings (SSSR count). The Morgan fingerprint density at radius 2 is 1.23 bits per heavy atom. The number of hydrogen-bond acceptors (Lipinski definition) is 2. The van der Waals surface area contributed by atoms with E-state index in [1.807, 2.05) is 0 Å². The second kappa shape index (κ2) is 15.7. The largest absolute Gasteiger partial charge is 0.508 e. The number of phenols is 1. The smallest absolute Gasteiger partial charge is 0.224 e. The molecule has 2 N–H and O–H groups in total. The fraction of sp³-hybridized carbons (Fsp3) is 0.696. The number of rotatable bonds is 16.